The summed E-state index contributed by atoms with van der Waals surface area (Å²) in [7, 11) is 0. The summed E-state index contributed by atoms with van der Waals surface area (Å²) in [5, 5.41) is 6.50. The number of anilines is 1. The fourth-order valence-electron chi connectivity index (χ4n) is 6.12. The first-order valence-corrected chi connectivity index (χ1v) is 12.1. The summed E-state index contributed by atoms with van der Waals surface area (Å²) < 4.78 is 0. The van der Waals surface area contributed by atoms with Crippen molar-refractivity contribution < 1.29 is 14.4 Å². The first-order chi connectivity index (χ1) is 17.0. The summed E-state index contributed by atoms with van der Waals surface area (Å²) >= 11 is 0. The van der Waals surface area contributed by atoms with Crippen LogP contribution in [-0.4, -0.2) is 35.2 Å². The second-order valence-corrected chi connectivity index (χ2v) is 9.82. The fraction of sp³-hybridized carbons (Fsp3) is 0.276. The maximum Gasteiger partial charge on any atom is 0.250 e. The zero-order chi connectivity index (χ0) is 24.2. The number of nitrogens with one attached hydrogen (secondary N) is 2. The molecule has 3 aliphatic rings. The second-order valence-electron chi connectivity index (χ2n) is 9.82. The van der Waals surface area contributed by atoms with E-state index >= 15 is 0 Å². The van der Waals surface area contributed by atoms with Gasteiger partial charge in [-0.2, -0.15) is 0 Å². The van der Waals surface area contributed by atoms with Gasteiger partial charge in [-0.05, 0) is 37.0 Å². The molecule has 3 aromatic rings. The Morgan fingerprint density at radius 2 is 1.54 bits per heavy atom. The number of likely N-dealkylation sites (tertiary alicyclic amines) is 1. The van der Waals surface area contributed by atoms with Crippen LogP contribution in [-0.2, 0) is 32.8 Å². The van der Waals surface area contributed by atoms with E-state index in [0.29, 0.717) is 25.1 Å². The number of hydrogen-bond acceptors (Lipinski definition) is 4. The van der Waals surface area contributed by atoms with Gasteiger partial charge in [0.1, 0.15) is 5.54 Å². The van der Waals surface area contributed by atoms with Crippen molar-refractivity contribution in [3.8, 4) is 0 Å². The van der Waals surface area contributed by atoms with E-state index in [-0.39, 0.29) is 23.8 Å². The minimum Gasteiger partial charge on any atom is -0.324 e. The van der Waals surface area contributed by atoms with E-state index in [1.165, 1.54) is 4.90 Å². The van der Waals surface area contributed by atoms with E-state index in [2.05, 4.69) is 10.6 Å². The monoisotopic (exact) mass is 465 g/mol. The molecule has 2 saturated heterocycles. The minimum absolute atomic E-state index is 0.185. The molecule has 3 amide bonds. The molecule has 35 heavy (non-hydrogen) atoms. The van der Waals surface area contributed by atoms with Crippen molar-refractivity contribution in [1.82, 2.24) is 10.2 Å². The van der Waals surface area contributed by atoms with Crippen LogP contribution in [0.1, 0.15) is 22.3 Å². The van der Waals surface area contributed by atoms with Gasteiger partial charge >= 0.3 is 0 Å². The van der Waals surface area contributed by atoms with E-state index in [1.54, 1.807) is 0 Å². The molecule has 2 N–H and O–H groups in total. The van der Waals surface area contributed by atoms with E-state index in [4.69, 9.17) is 0 Å². The maximum absolute atomic E-state index is 13.9. The van der Waals surface area contributed by atoms with Crippen LogP contribution in [0.25, 0.3) is 0 Å². The number of nitrogens with zero attached hydrogens (tertiary/aromatic N) is 1. The molecule has 3 heterocycles. The van der Waals surface area contributed by atoms with Crippen molar-refractivity contribution in [3.63, 3.8) is 0 Å². The lowest BCUT2D eigenvalue weighted by molar-refractivity contribution is -0.142. The van der Waals surface area contributed by atoms with Crippen LogP contribution < -0.4 is 10.6 Å². The third kappa shape index (κ3) is 3.32. The molecule has 176 valence electrons. The molecular formula is C29H27N3O3. The van der Waals surface area contributed by atoms with E-state index in [1.807, 2.05) is 85.8 Å². The molecule has 3 aliphatic heterocycles. The molecule has 0 aromatic heterocycles. The summed E-state index contributed by atoms with van der Waals surface area (Å²) in [6, 6.07) is 25.2. The Labute approximate surface area is 204 Å². The van der Waals surface area contributed by atoms with Gasteiger partial charge < -0.3 is 5.32 Å². The molecule has 0 aliphatic carbocycles. The first kappa shape index (κ1) is 21.7. The smallest absolute Gasteiger partial charge is 0.250 e. The highest BCUT2D eigenvalue weighted by Crippen LogP contribution is 2.53. The van der Waals surface area contributed by atoms with Crippen LogP contribution in [0.2, 0.25) is 0 Å². The molecule has 2 fully saturated rings. The number of rotatable bonds is 5. The van der Waals surface area contributed by atoms with Crippen molar-refractivity contribution in [2.24, 2.45) is 11.8 Å². The van der Waals surface area contributed by atoms with Gasteiger partial charge in [0.25, 0.3) is 0 Å². The van der Waals surface area contributed by atoms with Gasteiger partial charge in [-0.3, -0.25) is 24.6 Å². The Bertz CT molecular complexity index is 1320. The fourth-order valence-corrected chi connectivity index (χ4v) is 6.12. The summed E-state index contributed by atoms with van der Waals surface area (Å²) in [6.45, 7) is 2.28. The standard InChI is InChI=1S/C29H27N3O3/c1-18-12-13-22-21(16-18)29(28(35)30-22)25-24(23(31-29)17-20-10-6-3-7-11-20)26(33)32(27(25)34)15-14-19-8-4-2-5-9-19/h2-13,16,23-25,31H,14-15,17H2,1H3,(H,30,35)/t23-,24+,25-,29-/m0/s1. The lowest BCUT2D eigenvalue weighted by atomic mass is 9.76. The highest BCUT2D eigenvalue weighted by atomic mass is 16.2. The summed E-state index contributed by atoms with van der Waals surface area (Å²) in [5.41, 5.74) is 3.35. The number of fused-ring (bicyclic) bond motifs is 4. The zero-order valence-corrected chi connectivity index (χ0v) is 19.5. The van der Waals surface area contributed by atoms with Crippen LogP contribution in [0.3, 0.4) is 0 Å². The Balaban J connectivity index is 1.41. The van der Waals surface area contributed by atoms with Crippen molar-refractivity contribution in [2.45, 2.75) is 31.3 Å². The molecule has 0 radical (unpaired) electrons. The average Bonchev–Trinajstić information content (AvgIpc) is 3.44. The molecule has 0 bridgehead atoms. The number of aryl methyl sites for hydroxylation is 1. The van der Waals surface area contributed by atoms with Gasteiger partial charge in [-0.1, -0.05) is 78.4 Å². The number of hydrogen-bond donors (Lipinski definition) is 2. The van der Waals surface area contributed by atoms with Crippen molar-refractivity contribution in [1.29, 1.82) is 0 Å². The minimum atomic E-state index is -1.25. The number of amides is 3. The molecular weight excluding hydrogens is 438 g/mol. The van der Waals surface area contributed by atoms with Crippen LogP contribution in [0.4, 0.5) is 5.69 Å². The summed E-state index contributed by atoms with van der Waals surface area (Å²) in [6.07, 6.45) is 1.15. The van der Waals surface area contributed by atoms with Gasteiger partial charge in [0, 0.05) is 23.8 Å². The summed E-state index contributed by atoms with van der Waals surface area (Å²) in [4.78, 5) is 42.7. The van der Waals surface area contributed by atoms with Crippen molar-refractivity contribution in [2.75, 3.05) is 11.9 Å². The van der Waals surface area contributed by atoms with E-state index in [0.717, 1.165) is 22.3 Å². The normalized spacial score (nSPS) is 26.8. The zero-order valence-electron chi connectivity index (χ0n) is 19.5. The molecule has 4 atom stereocenters. The summed E-state index contributed by atoms with van der Waals surface area (Å²) in [5.74, 6) is -2.08. The lowest BCUT2D eigenvalue weighted by Gasteiger charge is -2.29. The Kier molecular flexibility index (Phi) is 5.07. The number of carbonyl (C=O) groups is 3. The van der Waals surface area contributed by atoms with E-state index in [9.17, 15) is 14.4 Å². The van der Waals surface area contributed by atoms with Gasteiger partial charge in [-0.25, -0.2) is 0 Å². The van der Waals surface area contributed by atoms with Crippen LogP contribution in [0.5, 0.6) is 0 Å². The Morgan fingerprint density at radius 1 is 0.857 bits per heavy atom. The van der Waals surface area contributed by atoms with Crippen molar-refractivity contribution >= 4 is 23.4 Å². The third-order valence-electron chi connectivity index (χ3n) is 7.73. The average molecular weight is 466 g/mol. The van der Waals surface area contributed by atoms with E-state index < -0.39 is 17.4 Å². The van der Waals surface area contributed by atoms with Crippen LogP contribution in [0.15, 0.2) is 78.9 Å². The van der Waals surface area contributed by atoms with Gasteiger partial charge in [0.15, 0.2) is 0 Å². The highest BCUT2D eigenvalue weighted by Gasteiger charge is 2.70. The number of imide groups is 1. The number of carbonyl (C=O) groups excluding carboxylic acids is 3. The molecule has 0 unspecified atom stereocenters. The quantitative estimate of drug-likeness (QED) is 0.568. The predicted octanol–water partition coefficient (Wildman–Crippen LogP) is 3.20. The number of benzene rings is 3. The molecule has 6 nitrogen and oxygen atoms in total. The molecule has 0 saturated carbocycles. The molecule has 3 aromatic carbocycles. The highest BCUT2D eigenvalue weighted by molar-refractivity contribution is 6.15. The van der Waals surface area contributed by atoms with Crippen molar-refractivity contribution in [3.05, 3.63) is 101 Å². The SMILES string of the molecule is Cc1ccc2c(c1)[C@@]1(N[C@@H](Cc3ccccc3)[C@H]3C(=O)N(CCc4ccccc4)C(=O)[C@H]31)C(=O)N2. The van der Waals surface area contributed by atoms with Crippen LogP contribution >= 0.6 is 0 Å². The largest absolute Gasteiger partial charge is 0.324 e. The molecule has 6 heteroatoms. The van der Waals surface area contributed by atoms with Gasteiger partial charge in [0.2, 0.25) is 17.7 Å². The molecule has 1 spiro atoms. The first-order valence-electron chi connectivity index (χ1n) is 12.1. The van der Waals surface area contributed by atoms with Gasteiger partial charge in [-0.15, -0.1) is 0 Å². The second kappa shape index (κ2) is 8.17. The van der Waals surface area contributed by atoms with Gasteiger partial charge in [0.05, 0.1) is 11.8 Å². The Hall–Kier alpha value is -3.77. The maximum atomic E-state index is 13.9. The topological polar surface area (TPSA) is 78.5 Å². The molecule has 6 rings (SSSR count). The third-order valence-corrected chi connectivity index (χ3v) is 7.73. The Morgan fingerprint density at radius 3 is 2.26 bits per heavy atom. The lowest BCUT2D eigenvalue weighted by Crippen LogP contribution is -2.53. The predicted molar refractivity (Wildman–Crippen MR) is 132 cm³/mol. The van der Waals surface area contributed by atoms with Crippen LogP contribution in [0, 0.1) is 18.8 Å².